The van der Waals surface area contributed by atoms with Crippen molar-refractivity contribution in [2.45, 2.75) is 26.4 Å². The standard InChI is InChI=1S/C22H26N2O3/c1-17(2)27-20-10-8-18(9-11-20)16-21(25)23-12-14-24(15-13-23)22(26)19-6-4-3-5-7-19/h3-11,17H,12-16H2,1-2H3. The minimum Gasteiger partial charge on any atom is -0.491 e. The lowest BCUT2D eigenvalue weighted by molar-refractivity contribution is -0.131. The summed E-state index contributed by atoms with van der Waals surface area (Å²) in [5, 5.41) is 0. The topological polar surface area (TPSA) is 49.9 Å². The average Bonchev–Trinajstić information content (AvgIpc) is 2.69. The second kappa shape index (κ2) is 8.71. The van der Waals surface area contributed by atoms with E-state index in [1.54, 1.807) is 0 Å². The fourth-order valence-electron chi connectivity index (χ4n) is 3.17. The summed E-state index contributed by atoms with van der Waals surface area (Å²) in [4.78, 5) is 28.7. The minimum absolute atomic E-state index is 0.0310. The van der Waals surface area contributed by atoms with Crippen molar-refractivity contribution in [3.05, 3.63) is 65.7 Å². The number of ether oxygens (including phenoxy) is 1. The molecule has 1 fully saturated rings. The van der Waals surface area contributed by atoms with Gasteiger partial charge >= 0.3 is 0 Å². The molecule has 0 unspecified atom stereocenters. The first-order chi connectivity index (χ1) is 13.0. The molecule has 1 saturated heterocycles. The summed E-state index contributed by atoms with van der Waals surface area (Å²) >= 11 is 0. The van der Waals surface area contributed by atoms with E-state index in [1.165, 1.54) is 0 Å². The highest BCUT2D eigenvalue weighted by molar-refractivity contribution is 5.94. The molecule has 1 heterocycles. The molecular weight excluding hydrogens is 340 g/mol. The first kappa shape index (κ1) is 19.0. The predicted molar refractivity (Wildman–Crippen MR) is 105 cm³/mol. The van der Waals surface area contributed by atoms with Crippen LogP contribution in [0.25, 0.3) is 0 Å². The molecule has 0 radical (unpaired) electrons. The number of carbonyl (C=O) groups is 2. The molecule has 0 saturated carbocycles. The fourth-order valence-corrected chi connectivity index (χ4v) is 3.17. The van der Waals surface area contributed by atoms with E-state index in [0.29, 0.717) is 38.2 Å². The average molecular weight is 366 g/mol. The lowest BCUT2D eigenvalue weighted by atomic mass is 10.1. The monoisotopic (exact) mass is 366 g/mol. The van der Waals surface area contributed by atoms with Crippen LogP contribution in [0.15, 0.2) is 54.6 Å². The molecule has 5 heteroatoms. The van der Waals surface area contributed by atoms with E-state index in [-0.39, 0.29) is 17.9 Å². The Bertz CT molecular complexity index is 764. The van der Waals surface area contributed by atoms with Crippen LogP contribution in [0, 0.1) is 0 Å². The van der Waals surface area contributed by atoms with E-state index in [9.17, 15) is 9.59 Å². The Hall–Kier alpha value is -2.82. The first-order valence-electron chi connectivity index (χ1n) is 9.40. The Morgan fingerprint density at radius 3 is 2.07 bits per heavy atom. The Balaban J connectivity index is 1.50. The third-order valence-electron chi connectivity index (χ3n) is 4.59. The molecule has 0 spiro atoms. The summed E-state index contributed by atoms with van der Waals surface area (Å²) in [6.45, 7) is 6.26. The van der Waals surface area contributed by atoms with Gasteiger partial charge in [-0.3, -0.25) is 9.59 Å². The highest BCUT2D eigenvalue weighted by Crippen LogP contribution is 2.15. The van der Waals surface area contributed by atoms with Gasteiger partial charge in [0.25, 0.3) is 5.91 Å². The van der Waals surface area contributed by atoms with Gasteiger partial charge in [-0.15, -0.1) is 0 Å². The Morgan fingerprint density at radius 2 is 1.48 bits per heavy atom. The van der Waals surface area contributed by atoms with Gasteiger partial charge in [0, 0.05) is 31.7 Å². The summed E-state index contributed by atoms with van der Waals surface area (Å²) in [6.07, 6.45) is 0.501. The number of carbonyl (C=O) groups excluding carboxylic acids is 2. The highest BCUT2D eigenvalue weighted by Gasteiger charge is 2.24. The number of nitrogens with zero attached hydrogens (tertiary/aromatic N) is 2. The molecule has 27 heavy (non-hydrogen) atoms. The molecule has 3 rings (SSSR count). The molecule has 1 aliphatic heterocycles. The molecule has 0 atom stereocenters. The van der Waals surface area contributed by atoms with Crippen molar-refractivity contribution < 1.29 is 14.3 Å². The molecule has 2 aromatic rings. The highest BCUT2D eigenvalue weighted by atomic mass is 16.5. The molecule has 0 aliphatic carbocycles. The Labute approximate surface area is 160 Å². The fraction of sp³-hybridized carbons (Fsp3) is 0.364. The zero-order valence-electron chi connectivity index (χ0n) is 15.9. The van der Waals surface area contributed by atoms with Crippen molar-refractivity contribution in [3.63, 3.8) is 0 Å². The van der Waals surface area contributed by atoms with E-state index in [1.807, 2.05) is 78.2 Å². The second-order valence-electron chi connectivity index (χ2n) is 7.03. The molecule has 5 nitrogen and oxygen atoms in total. The normalized spacial score (nSPS) is 14.3. The summed E-state index contributed by atoms with van der Waals surface area (Å²) in [5.41, 5.74) is 1.67. The minimum atomic E-state index is 0.0310. The summed E-state index contributed by atoms with van der Waals surface area (Å²) < 4.78 is 5.63. The van der Waals surface area contributed by atoms with Crippen molar-refractivity contribution in [1.82, 2.24) is 9.80 Å². The van der Waals surface area contributed by atoms with E-state index in [0.717, 1.165) is 11.3 Å². The molecule has 0 aromatic heterocycles. The third-order valence-corrected chi connectivity index (χ3v) is 4.59. The van der Waals surface area contributed by atoms with Crippen LogP contribution in [-0.2, 0) is 11.2 Å². The maximum Gasteiger partial charge on any atom is 0.253 e. The van der Waals surface area contributed by atoms with Gasteiger partial charge in [0.05, 0.1) is 12.5 Å². The third kappa shape index (κ3) is 5.09. The van der Waals surface area contributed by atoms with E-state index >= 15 is 0 Å². The molecule has 0 bridgehead atoms. The number of hydrogen-bond acceptors (Lipinski definition) is 3. The van der Waals surface area contributed by atoms with Gasteiger partial charge in [-0.2, -0.15) is 0 Å². The molecule has 2 amide bonds. The molecule has 2 aromatic carbocycles. The van der Waals surface area contributed by atoms with Gasteiger partial charge < -0.3 is 14.5 Å². The van der Waals surface area contributed by atoms with Crippen molar-refractivity contribution >= 4 is 11.8 Å². The van der Waals surface area contributed by atoms with Gasteiger partial charge in [0.2, 0.25) is 5.91 Å². The molecular formula is C22H26N2O3. The van der Waals surface area contributed by atoms with Crippen molar-refractivity contribution in [2.24, 2.45) is 0 Å². The van der Waals surface area contributed by atoms with Crippen LogP contribution < -0.4 is 4.74 Å². The maximum atomic E-state index is 12.6. The van der Waals surface area contributed by atoms with Gasteiger partial charge in [-0.25, -0.2) is 0 Å². The summed E-state index contributed by atoms with van der Waals surface area (Å²) in [5.74, 6) is 0.942. The quantitative estimate of drug-likeness (QED) is 0.817. The van der Waals surface area contributed by atoms with Crippen LogP contribution in [0.3, 0.4) is 0 Å². The van der Waals surface area contributed by atoms with Gasteiger partial charge in [0.1, 0.15) is 5.75 Å². The van der Waals surface area contributed by atoms with Crippen LogP contribution in [0.4, 0.5) is 0 Å². The van der Waals surface area contributed by atoms with Crippen LogP contribution in [-0.4, -0.2) is 53.9 Å². The number of benzene rings is 2. The Kier molecular flexibility index (Phi) is 6.12. The zero-order chi connectivity index (χ0) is 19.2. The summed E-state index contributed by atoms with van der Waals surface area (Å²) in [6, 6.07) is 17.0. The smallest absolute Gasteiger partial charge is 0.253 e. The van der Waals surface area contributed by atoms with E-state index < -0.39 is 0 Å². The second-order valence-corrected chi connectivity index (χ2v) is 7.03. The molecule has 142 valence electrons. The summed E-state index contributed by atoms with van der Waals surface area (Å²) in [7, 11) is 0. The van der Waals surface area contributed by atoms with Crippen LogP contribution in [0.2, 0.25) is 0 Å². The van der Waals surface area contributed by atoms with Crippen molar-refractivity contribution in [1.29, 1.82) is 0 Å². The first-order valence-corrected chi connectivity index (χ1v) is 9.40. The van der Waals surface area contributed by atoms with E-state index in [2.05, 4.69) is 0 Å². The van der Waals surface area contributed by atoms with E-state index in [4.69, 9.17) is 4.74 Å². The van der Waals surface area contributed by atoms with Crippen molar-refractivity contribution in [3.8, 4) is 5.75 Å². The number of piperazine rings is 1. The SMILES string of the molecule is CC(C)Oc1ccc(CC(=O)N2CCN(C(=O)c3ccccc3)CC2)cc1. The number of rotatable bonds is 5. The lowest BCUT2D eigenvalue weighted by Crippen LogP contribution is -2.51. The van der Waals surface area contributed by atoms with Gasteiger partial charge in [-0.05, 0) is 43.7 Å². The van der Waals surface area contributed by atoms with Gasteiger partial charge in [-0.1, -0.05) is 30.3 Å². The molecule has 0 N–H and O–H groups in total. The van der Waals surface area contributed by atoms with Gasteiger partial charge in [0.15, 0.2) is 0 Å². The largest absolute Gasteiger partial charge is 0.491 e. The van der Waals surface area contributed by atoms with Crippen LogP contribution in [0.1, 0.15) is 29.8 Å². The van der Waals surface area contributed by atoms with Crippen LogP contribution >= 0.6 is 0 Å². The molecule has 1 aliphatic rings. The maximum absolute atomic E-state index is 12.6. The predicted octanol–water partition coefficient (Wildman–Crippen LogP) is 3.00. The number of hydrogen-bond donors (Lipinski definition) is 0. The van der Waals surface area contributed by atoms with Crippen molar-refractivity contribution in [2.75, 3.05) is 26.2 Å². The zero-order valence-corrected chi connectivity index (χ0v) is 15.9. The number of amides is 2. The lowest BCUT2D eigenvalue weighted by Gasteiger charge is -2.35. The van der Waals surface area contributed by atoms with Crippen LogP contribution in [0.5, 0.6) is 5.75 Å². The Morgan fingerprint density at radius 1 is 0.889 bits per heavy atom.